The van der Waals surface area contributed by atoms with E-state index in [4.69, 9.17) is 4.74 Å². The molecule has 0 aromatic heterocycles. The molecule has 1 fully saturated rings. The molecule has 0 aromatic rings. The van der Waals surface area contributed by atoms with E-state index in [2.05, 4.69) is 10.3 Å². The predicted molar refractivity (Wildman–Crippen MR) is 27.5 cm³/mol. The number of hydrogen-bond acceptors (Lipinski definition) is 3. The van der Waals surface area contributed by atoms with Crippen LogP contribution < -0.4 is 5.32 Å². The molecule has 0 saturated carbocycles. The van der Waals surface area contributed by atoms with Crippen LogP contribution in [0.1, 0.15) is 0 Å². The topological polar surface area (TPSA) is 50.7 Å². The fourth-order valence-corrected chi connectivity index (χ4v) is 0.446. The number of hydrogen-bond donors (Lipinski definition) is 1. The van der Waals surface area contributed by atoms with E-state index >= 15 is 0 Å². The van der Waals surface area contributed by atoms with Crippen molar-refractivity contribution in [2.24, 2.45) is 4.99 Å². The third-order valence-electron chi connectivity index (χ3n) is 0.789. The van der Waals surface area contributed by atoms with Crippen molar-refractivity contribution in [3.05, 3.63) is 0 Å². The van der Waals surface area contributed by atoms with Gasteiger partial charge in [-0.25, -0.2) is 4.99 Å². The summed E-state index contributed by atoms with van der Waals surface area (Å²) in [5.74, 6) is -0.134. The summed E-state index contributed by atoms with van der Waals surface area (Å²) < 4.78 is 4.70. The molecule has 1 aliphatic heterocycles. The summed E-state index contributed by atoms with van der Waals surface area (Å²) in [4.78, 5) is 13.9. The van der Waals surface area contributed by atoms with Crippen LogP contribution in [0, 0.1) is 0 Å². The van der Waals surface area contributed by atoms with Crippen LogP contribution in [0.25, 0.3) is 0 Å². The highest BCUT2D eigenvalue weighted by Crippen LogP contribution is 1.86. The molecule has 0 aromatic carbocycles. The van der Waals surface area contributed by atoms with Crippen LogP contribution in [-0.4, -0.2) is 25.6 Å². The van der Waals surface area contributed by atoms with Gasteiger partial charge in [0, 0.05) is 7.05 Å². The van der Waals surface area contributed by atoms with Gasteiger partial charge >= 0.3 is 0 Å². The highest BCUT2D eigenvalue weighted by atomic mass is 16.5. The lowest BCUT2D eigenvalue weighted by molar-refractivity contribution is -0.119. The first-order chi connectivity index (χ1) is 3.83. The fraction of sp³-hybridized carbons (Fsp3) is 0.500. The maximum atomic E-state index is 10.3. The van der Waals surface area contributed by atoms with E-state index in [-0.39, 0.29) is 12.5 Å². The van der Waals surface area contributed by atoms with E-state index in [9.17, 15) is 4.79 Å². The molecule has 0 bridgehead atoms. The minimum Gasteiger partial charge on any atom is -0.455 e. The Morgan fingerprint density at radius 2 is 2.62 bits per heavy atom. The maximum Gasteiger partial charge on any atom is 0.291 e. The van der Waals surface area contributed by atoms with E-state index < -0.39 is 0 Å². The van der Waals surface area contributed by atoms with Crippen LogP contribution in [0.15, 0.2) is 4.99 Å². The molecule has 0 unspecified atom stereocenters. The van der Waals surface area contributed by atoms with Crippen LogP contribution >= 0.6 is 0 Å². The lowest BCUT2D eigenvalue weighted by Gasteiger charge is -1.88. The monoisotopic (exact) mass is 114 g/mol. The van der Waals surface area contributed by atoms with Crippen molar-refractivity contribution < 1.29 is 9.53 Å². The molecule has 1 rings (SSSR count). The molecule has 1 N–H and O–H groups in total. The smallest absolute Gasteiger partial charge is 0.291 e. The van der Waals surface area contributed by atoms with Gasteiger partial charge in [-0.05, 0) is 0 Å². The molecule has 4 nitrogen and oxygen atoms in total. The number of carbonyl (C=O) groups excluding carboxylic acids is 1. The van der Waals surface area contributed by atoms with Gasteiger partial charge < -0.3 is 4.74 Å². The second-order valence-corrected chi connectivity index (χ2v) is 1.37. The Hall–Kier alpha value is -1.06. The number of aliphatic imine (C=N–C) groups is 1. The highest BCUT2D eigenvalue weighted by Gasteiger charge is 2.14. The second kappa shape index (κ2) is 1.81. The molecule has 0 radical (unpaired) electrons. The van der Waals surface area contributed by atoms with Crippen molar-refractivity contribution in [1.29, 1.82) is 0 Å². The maximum absolute atomic E-state index is 10.3. The van der Waals surface area contributed by atoms with Crippen LogP contribution in [0.3, 0.4) is 0 Å². The molecule has 0 aliphatic carbocycles. The summed E-state index contributed by atoms with van der Waals surface area (Å²) >= 11 is 0. The largest absolute Gasteiger partial charge is 0.455 e. The summed E-state index contributed by atoms with van der Waals surface area (Å²) in [5.41, 5.74) is 0. The van der Waals surface area contributed by atoms with Crippen molar-refractivity contribution in [1.82, 2.24) is 5.32 Å². The molecule has 1 amide bonds. The third kappa shape index (κ3) is 0.776. The first-order valence-corrected chi connectivity index (χ1v) is 2.22. The average Bonchev–Trinajstić information content (AvgIpc) is 2.14. The Balaban J connectivity index is 2.56. The van der Waals surface area contributed by atoms with Crippen LogP contribution in [0.2, 0.25) is 0 Å². The van der Waals surface area contributed by atoms with Gasteiger partial charge in [-0.3, -0.25) is 10.1 Å². The Kier molecular flexibility index (Phi) is 1.15. The zero-order valence-corrected chi connectivity index (χ0v) is 4.47. The van der Waals surface area contributed by atoms with Gasteiger partial charge in [-0.2, -0.15) is 0 Å². The van der Waals surface area contributed by atoms with Gasteiger partial charge in [0.15, 0.2) is 6.61 Å². The summed E-state index contributed by atoms with van der Waals surface area (Å²) in [6, 6.07) is 0.315. The van der Waals surface area contributed by atoms with Crippen molar-refractivity contribution in [3.8, 4) is 0 Å². The van der Waals surface area contributed by atoms with E-state index in [0.717, 1.165) is 0 Å². The Labute approximate surface area is 46.5 Å². The molecular weight excluding hydrogens is 108 g/mol. The molecule has 4 heteroatoms. The molecule has 1 aliphatic rings. The normalized spacial score (nSPS) is 23.1. The molecule has 0 spiro atoms. The minimum absolute atomic E-state index is 0.104. The Morgan fingerprint density at radius 3 is 2.88 bits per heavy atom. The van der Waals surface area contributed by atoms with E-state index in [1.54, 1.807) is 7.05 Å². The summed E-state index contributed by atoms with van der Waals surface area (Å²) in [5, 5.41) is 2.39. The number of ether oxygens (including phenoxy) is 1. The van der Waals surface area contributed by atoms with Crippen molar-refractivity contribution >= 4 is 11.9 Å². The first-order valence-electron chi connectivity index (χ1n) is 2.22. The molecule has 44 valence electrons. The van der Waals surface area contributed by atoms with Crippen molar-refractivity contribution in [3.63, 3.8) is 0 Å². The van der Waals surface area contributed by atoms with Gasteiger partial charge in [0.1, 0.15) is 0 Å². The fourth-order valence-electron chi connectivity index (χ4n) is 0.446. The van der Waals surface area contributed by atoms with Crippen molar-refractivity contribution in [2.75, 3.05) is 13.7 Å². The van der Waals surface area contributed by atoms with Gasteiger partial charge in [0.2, 0.25) is 0 Å². The van der Waals surface area contributed by atoms with Gasteiger partial charge in [-0.15, -0.1) is 0 Å². The zero-order chi connectivity index (χ0) is 5.98. The van der Waals surface area contributed by atoms with Crippen LogP contribution in [0.5, 0.6) is 0 Å². The average molecular weight is 114 g/mol. The summed E-state index contributed by atoms with van der Waals surface area (Å²) in [6.45, 7) is 0.104. The molecular formula is C4H6N2O2. The standard InChI is InChI=1S/C4H6N2O2/c1-5-4-6-3(7)2-8-4/h2H2,1H3,(H,5,6,7). The first kappa shape index (κ1) is 5.08. The number of nitrogens with zero attached hydrogens (tertiary/aromatic N) is 1. The molecule has 1 saturated heterocycles. The number of nitrogens with one attached hydrogen (secondary N) is 1. The number of carbonyl (C=O) groups is 1. The SMILES string of the molecule is CN=C1NC(=O)CO1. The lowest BCUT2D eigenvalue weighted by Crippen LogP contribution is -2.20. The van der Waals surface area contributed by atoms with Crippen LogP contribution in [-0.2, 0) is 9.53 Å². The zero-order valence-electron chi connectivity index (χ0n) is 4.47. The van der Waals surface area contributed by atoms with E-state index in [0.29, 0.717) is 6.02 Å². The quantitative estimate of drug-likeness (QED) is 0.444. The van der Waals surface area contributed by atoms with Crippen molar-refractivity contribution in [2.45, 2.75) is 0 Å². The summed E-state index contributed by atoms with van der Waals surface area (Å²) in [7, 11) is 1.56. The molecule has 8 heavy (non-hydrogen) atoms. The van der Waals surface area contributed by atoms with Gasteiger partial charge in [0.25, 0.3) is 11.9 Å². The van der Waals surface area contributed by atoms with Gasteiger partial charge in [0.05, 0.1) is 0 Å². The predicted octanol–water partition coefficient (Wildman–Crippen LogP) is -0.881. The van der Waals surface area contributed by atoms with E-state index in [1.807, 2.05) is 0 Å². The number of amides is 1. The number of rotatable bonds is 0. The summed E-state index contributed by atoms with van der Waals surface area (Å²) in [6.07, 6.45) is 0. The lowest BCUT2D eigenvalue weighted by atomic mass is 10.7. The number of amidine groups is 1. The highest BCUT2D eigenvalue weighted by molar-refractivity contribution is 5.99. The van der Waals surface area contributed by atoms with E-state index in [1.165, 1.54) is 0 Å². The van der Waals surface area contributed by atoms with Crippen LogP contribution in [0.4, 0.5) is 0 Å². The Morgan fingerprint density at radius 1 is 1.88 bits per heavy atom. The van der Waals surface area contributed by atoms with Gasteiger partial charge in [-0.1, -0.05) is 0 Å². The molecule has 1 heterocycles. The third-order valence-corrected chi connectivity index (χ3v) is 0.789. The Bertz CT molecular complexity index is 141. The second-order valence-electron chi connectivity index (χ2n) is 1.37. The molecule has 0 atom stereocenters. The minimum atomic E-state index is -0.134.